The minimum absolute atomic E-state index is 0.144. The Hall–Kier alpha value is -2.72. The summed E-state index contributed by atoms with van der Waals surface area (Å²) in [5.41, 5.74) is 11.9. The first-order chi connectivity index (χ1) is 12.2. The number of nitrogens with two attached hydrogens (primary N) is 1. The molecule has 0 radical (unpaired) electrons. The van der Waals surface area contributed by atoms with Crippen molar-refractivity contribution in [3.05, 3.63) is 59.7 Å². The number of allylic oxidation sites excluding steroid dienone is 1. The summed E-state index contributed by atoms with van der Waals surface area (Å²) in [5.74, 6) is 1.63. The van der Waals surface area contributed by atoms with E-state index in [0.29, 0.717) is 0 Å². The lowest BCUT2D eigenvalue weighted by molar-refractivity contribution is 0.483. The summed E-state index contributed by atoms with van der Waals surface area (Å²) in [4.78, 5) is 8.97. The fraction of sp³-hybridized carbons (Fsp3) is 0.238. The number of hydrogen-bond donors (Lipinski definition) is 1. The van der Waals surface area contributed by atoms with Crippen molar-refractivity contribution in [2.24, 2.45) is 15.7 Å². The third-order valence-corrected chi connectivity index (χ3v) is 5.14. The monoisotopic (exact) mass is 329 g/mol. The molecule has 0 aromatic heterocycles. The lowest BCUT2D eigenvalue weighted by Gasteiger charge is -2.08. The van der Waals surface area contributed by atoms with Crippen molar-refractivity contribution in [1.82, 2.24) is 0 Å². The second kappa shape index (κ2) is 5.39. The van der Waals surface area contributed by atoms with E-state index in [1.807, 2.05) is 30.5 Å². The molecule has 1 fully saturated rings. The lowest BCUT2D eigenvalue weighted by atomic mass is 10.0. The maximum atomic E-state index is 6.28. The van der Waals surface area contributed by atoms with Gasteiger partial charge < -0.3 is 10.5 Å². The molecule has 4 heteroatoms. The van der Waals surface area contributed by atoms with E-state index in [1.165, 1.54) is 16.7 Å². The van der Waals surface area contributed by atoms with Crippen LogP contribution in [0, 0.1) is 0 Å². The molecule has 124 valence electrons. The van der Waals surface area contributed by atoms with Crippen molar-refractivity contribution in [1.29, 1.82) is 0 Å². The highest BCUT2D eigenvalue weighted by molar-refractivity contribution is 6.02. The third-order valence-electron chi connectivity index (χ3n) is 5.14. The standard InChI is InChI=1S/C21H19N3O/c22-21(8-9-21)20-11-15-3-6-18(12-19(15)24-20)25-17-4-1-14(2-5-17)16-7-10-23-13-16/h1-7,10,12H,8-9,11,13,22H2. The van der Waals surface area contributed by atoms with Crippen molar-refractivity contribution in [3.8, 4) is 11.5 Å². The summed E-state index contributed by atoms with van der Waals surface area (Å²) >= 11 is 0. The molecule has 1 aliphatic carbocycles. The van der Waals surface area contributed by atoms with Gasteiger partial charge in [-0.25, -0.2) is 0 Å². The number of rotatable bonds is 4. The average molecular weight is 329 g/mol. The maximum absolute atomic E-state index is 6.28. The molecule has 0 amide bonds. The highest BCUT2D eigenvalue weighted by Gasteiger charge is 2.44. The van der Waals surface area contributed by atoms with Crippen LogP contribution in [0.25, 0.3) is 5.57 Å². The Morgan fingerprint density at radius 1 is 1.00 bits per heavy atom. The van der Waals surface area contributed by atoms with Crippen LogP contribution in [0.2, 0.25) is 0 Å². The number of ether oxygens (including phenoxy) is 1. The molecule has 0 unspecified atom stereocenters. The van der Waals surface area contributed by atoms with Gasteiger partial charge in [-0.05, 0) is 53.8 Å². The van der Waals surface area contributed by atoms with Crippen LogP contribution in [0.1, 0.15) is 24.0 Å². The zero-order valence-electron chi connectivity index (χ0n) is 13.9. The second-order valence-corrected chi connectivity index (χ2v) is 6.99. The van der Waals surface area contributed by atoms with E-state index in [0.717, 1.165) is 48.7 Å². The van der Waals surface area contributed by atoms with Gasteiger partial charge in [0.15, 0.2) is 0 Å². The van der Waals surface area contributed by atoms with Crippen molar-refractivity contribution in [2.75, 3.05) is 6.54 Å². The number of aliphatic imine (C=N–C) groups is 2. The highest BCUT2D eigenvalue weighted by Crippen LogP contribution is 2.41. The van der Waals surface area contributed by atoms with Gasteiger partial charge in [0, 0.05) is 24.4 Å². The molecule has 25 heavy (non-hydrogen) atoms. The maximum Gasteiger partial charge on any atom is 0.129 e. The van der Waals surface area contributed by atoms with E-state index in [1.54, 1.807) is 0 Å². The molecule has 5 rings (SSSR count). The first-order valence-corrected chi connectivity index (χ1v) is 8.67. The van der Waals surface area contributed by atoms with E-state index in [-0.39, 0.29) is 5.54 Å². The molecule has 2 aromatic rings. The molecule has 3 aliphatic rings. The predicted octanol–water partition coefficient (Wildman–Crippen LogP) is 4.07. The molecule has 2 aromatic carbocycles. The van der Waals surface area contributed by atoms with Crippen molar-refractivity contribution in [2.45, 2.75) is 24.8 Å². The average Bonchev–Trinajstić information content (AvgIpc) is 3.06. The molecule has 0 atom stereocenters. The van der Waals surface area contributed by atoms with Gasteiger partial charge in [0.05, 0.1) is 17.8 Å². The van der Waals surface area contributed by atoms with Gasteiger partial charge in [-0.2, -0.15) is 0 Å². The Morgan fingerprint density at radius 3 is 2.52 bits per heavy atom. The van der Waals surface area contributed by atoms with E-state index >= 15 is 0 Å². The van der Waals surface area contributed by atoms with Crippen molar-refractivity contribution in [3.63, 3.8) is 0 Å². The molecule has 0 saturated heterocycles. The first kappa shape index (κ1) is 14.6. The predicted molar refractivity (Wildman–Crippen MR) is 101 cm³/mol. The van der Waals surface area contributed by atoms with Gasteiger partial charge in [0.1, 0.15) is 11.5 Å². The van der Waals surface area contributed by atoms with Crippen LogP contribution in [0.3, 0.4) is 0 Å². The molecule has 1 saturated carbocycles. The van der Waals surface area contributed by atoms with Gasteiger partial charge in [0.2, 0.25) is 0 Å². The van der Waals surface area contributed by atoms with Crippen molar-refractivity contribution < 1.29 is 4.74 Å². The largest absolute Gasteiger partial charge is 0.457 e. The van der Waals surface area contributed by atoms with E-state index in [4.69, 9.17) is 15.5 Å². The Balaban J connectivity index is 1.34. The van der Waals surface area contributed by atoms with Crippen LogP contribution in [0.15, 0.2) is 58.5 Å². The summed E-state index contributed by atoms with van der Waals surface area (Å²) in [5, 5.41) is 0. The van der Waals surface area contributed by atoms with Gasteiger partial charge >= 0.3 is 0 Å². The summed E-state index contributed by atoms with van der Waals surface area (Å²) in [6.07, 6.45) is 6.88. The number of nitrogens with zero attached hydrogens (tertiary/aromatic N) is 2. The Labute approximate surface area is 146 Å². The molecule has 0 spiro atoms. The van der Waals surface area contributed by atoms with Crippen LogP contribution in [0.5, 0.6) is 11.5 Å². The summed E-state index contributed by atoms with van der Waals surface area (Å²) in [6.45, 7) is 0.758. The smallest absolute Gasteiger partial charge is 0.129 e. The molecule has 2 N–H and O–H groups in total. The molecular formula is C21H19N3O. The van der Waals surface area contributed by atoms with Gasteiger partial charge in [-0.1, -0.05) is 18.2 Å². The molecule has 0 bridgehead atoms. The molecule has 2 aliphatic heterocycles. The Kier molecular flexibility index (Phi) is 3.15. The number of fused-ring (bicyclic) bond motifs is 1. The normalized spacial score (nSPS) is 19.4. The van der Waals surface area contributed by atoms with Gasteiger partial charge in [0.25, 0.3) is 0 Å². The Bertz CT molecular complexity index is 934. The zero-order chi connectivity index (χ0) is 16.9. The van der Waals surface area contributed by atoms with Crippen LogP contribution in [-0.4, -0.2) is 24.0 Å². The zero-order valence-corrected chi connectivity index (χ0v) is 13.9. The number of benzene rings is 2. The summed E-state index contributed by atoms with van der Waals surface area (Å²) < 4.78 is 6.01. The number of hydrogen-bond acceptors (Lipinski definition) is 4. The van der Waals surface area contributed by atoms with Crippen LogP contribution < -0.4 is 10.5 Å². The van der Waals surface area contributed by atoms with Crippen LogP contribution >= 0.6 is 0 Å². The van der Waals surface area contributed by atoms with E-state index in [9.17, 15) is 0 Å². The summed E-state index contributed by atoms with van der Waals surface area (Å²) in [7, 11) is 0. The minimum atomic E-state index is -0.144. The fourth-order valence-corrected chi connectivity index (χ4v) is 3.34. The molecule has 4 nitrogen and oxygen atoms in total. The highest BCUT2D eigenvalue weighted by atomic mass is 16.5. The topological polar surface area (TPSA) is 60.0 Å². The SMILES string of the molecule is NC1(C2=Nc3cc(Oc4ccc(C5=CC=NC5)cc4)ccc3C2)CC1. The second-order valence-electron chi connectivity index (χ2n) is 6.99. The third kappa shape index (κ3) is 2.68. The van der Waals surface area contributed by atoms with E-state index < -0.39 is 0 Å². The minimum Gasteiger partial charge on any atom is -0.457 e. The quantitative estimate of drug-likeness (QED) is 0.919. The van der Waals surface area contributed by atoms with Crippen molar-refractivity contribution >= 4 is 23.2 Å². The van der Waals surface area contributed by atoms with E-state index in [2.05, 4.69) is 29.3 Å². The van der Waals surface area contributed by atoms with Crippen LogP contribution in [-0.2, 0) is 6.42 Å². The van der Waals surface area contributed by atoms with Crippen LogP contribution in [0.4, 0.5) is 5.69 Å². The molecular weight excluding hydrogens is 310 g/mol. The van der Waals surface area contributed by atoms with Gasteiger partial charge in [-0.3, -0.25) is 9.98 Å². The summed E-state index contributed by atoms with van der Waals surface area (Å²) in [6, 6.07) is 14.3. The molecule has 2 heterocycles. The van der Waals surface area contributed by atoms with Gasteiger partial charge in [-0.15, -0.1) is 0 Å². The first-order valence-electron chi connectivity index (χ1n) is 8.67. The fourth-order valence-electron chi connectivity index (χ4n) is 3.34. The Morgan fingerprint density at radius 2 is 1.80 bits per heavy atom. The lowest BCUT2D eigenvalue weighted by Crippen LogP contribution is -2.32.